The number of hydrogen-bond acceptors (Lipinski definition) is 2. The first kappa shape index (κ1) is 16.6. The smallest absolute Gasteiger partial charge is 0.273 e. The third-order valence-corrected chi connectivity index (χ3v) is 4.22. The number of halogens is 2. The highest BCUT2D eigenvalue weighted by atomic mass is 35.5. The molecule has 0 bridgehead atoms. The quantitative estimate of drug-likeness (QED) is 0.670. The van der Waals surface area contributed by atoms with E-state index in [0.717, 1.165) is 16.8 Å². The van der Waals surface area contributed by atoms with E-state index in [9.17, 15) is 4.79 Å². The zero-order valence-electron chi connectivity index (χ0n) is 13.2. The van der Waals surface area contributed by atoms with Gasteiger partial charge in [0.2, 0.25) is 0 Å². The van der Waals surface area contributed by atoms with E-state index in [-0.39, 0.29) is 5.91 Å². The number of nitrogens with zero attached hydrogens (tertiary/aromatic N) is 1. The number of aromatic nitrogens is 2. The van der Waals surface area contributed by atoms with E-state index < -0.39 is 0 Å². The Bertz CT molecular complexity index is 918. The Kier molecular flexibility index (Phi) is 4.60. The van der Waals surface area contributed by atoms with Crippen molar-refractivity contribution in [3.63, 3.8) is 0 Å². The van der Waals surface area contributed by atoms with E-state index in [1.54, 1.807) is 24.3 Å². The highest BCUT2D eigenvalue weighted by Gasteiger charge is 2.14. The van der Waals surface area contributed by atoms with E-state index in [2.05, 4.69) is 15.5 Å². The van der Waals surface area contributed by atoms with Gasteiger partial charge in [0, 0.05) is 16.3 Å². The second-order valence-electron chi connectivity index (χ2n) is 5.56. The predicted molar refractivity (Wildman–Crippen MR) is 97.9 cm³/mol. The van der Waals surface area contributed by atoms with Gasteiger partial charge in [-0.05, 0) is 55.3 Å². The first-order chi connectivity index (χ1) is 11.4. The summed E-state index contributed by atoms with van der Waals surface area (Å²) in [5.41, 5.74) is 4.51. The van der Waals surface area contributed by atoms with Crippen molar-refractivity contribution >= 4 is 34.8 Å². The maximum atomic E-state index is 12.4. The molecule has 3 rings (SSSR count). The van der Waals surface area contributed by atoms with E-state index in [0.29, 0.717) is 27.0 Å². The maximum absolute atomic E-state index is 12.4. The largest absolute Gasteiger partial charge is 0.320 e. The van der Waals surface area contributed by atoms with Crippen LogP contribution in [0.15, 0.2) is 42.5 Å². The number of rotatable bonds is 3. The number of benzene rings is 2. The van der Waals surface area contributed by atoms with Gasteiger partial charge in [0.1, 0.15) is 5.69 Å². The Morgan fingerprint density at radius 3 is 2.62 bits per heavy atom. The number of amides is 1. The minimum Gasteiger partial charge on any atom is -0.320 e. The number of carbonyl (C=O) groups is 1. The van der Waals surface area contributed by atoms with Crippen LogP contribution in [0.5, 0.6) is 0 Å². The van der Waals surface area contributed by atoms with Gasteiger partial charge in [0.25, 0.3) is 5.91 Å². The Morgan fingerprint density at radius 1 is 1.08 bits per heavy atom. The number of nitrogens with one attached hydrogen (secondary N) is 2. The molecule has 4 nitrogen and oxygen atoms in total. The Labute approximate surface area is 149 Å². The maximum Gasteiger partial charge on any atom is 0.273 e. The fourth-order valence-electron chi connectivity index (χ4n) is 2.33. The SMILES string of the molecule is Cc1ccc(C)c(NC(=O)c2cc(-c3ccc(Cl)cc3Cl)n[nH]2)c1. The molecular weight excluding hydrogens is 345 g/mol. The fraction of sp³-hybridized carbons (Fsp3) is 0.111. The number of hydrogen-bond donors (Lipinski definition) is 2. The summed E-state index contributed by atoms with van der Waals surface area (Å²) in [4.78, 5) is 12.4. The molecule has 0 unspecified atom stereocenters. The Balaban J connectivity index is 1.85. The van der Waals surface area contributed by atoms with Crippen LogP contribution in [-0.2, 0) is 0 Å². The molecular formula is C18H15Cl2N3O. The van der Waals surface area contributed by atoms with Crippen LogP contribution in [0.3, 0.4) is 0 Å². The molecule has 0 saturated heterocycles. The third-order valence-electron chi connectivity index (χ3n) is 3.67. The molecule has 1 aromatic heterocycles. The molecule has 3 aromatic rings. The van der Waals surface area contributed by atoms with Crippen LogP contribution in [0.2, 0.25) is 10.0 Å². The van der Waals surface area contributed by atoms with Gasteiger partial charge in [0.15, 0.2) is 0 Å². The first-order valence-electron chi connectivity index (χ1n) is 7.33. The molecule has 2 aromatic carbocycles. The van der Waals surface area contributed by atoms with Crippen LogP contribution in [0.25, 0.3) is 11.3 Å². The molecule has 0 aliphatic carbocycles. The van der Waals surface area contributed by atoms with Crippen LogP contribution in [-0.4, -0.2) is 16.1 Å². The number of anilines is 1. The summed E-state index contributed by atoms with van der Waals surface area (Å²) in [5, 5.41) is 10.8. The summed E-state index contributed by atoms with van der Waals surface area (Å²) in [6, 6.07) is 12.7. The summed E-state index contributed by atoms with van der Waals surface area (Å²) in [6.07, 6.45) is 0. The average Bonchev–Trinajstić information content (AvgIpc) is 3.00. The Morgan fingerprint density at radius 2 is 1.88 bits per heavy atom. The third kappa shape index (κ3) is 3.45. The van der Waals surface area contributed by atoms with Crippen LogP contribution in [0.1, 0.15) is 21.6 Å². The predicted octanol–water partition coefficient (Wildman–Crippen LogP) is 5.25. The topological polar surface area (TPSA) is 57.8 Å². The van der Waals surface area contributed by atoms with Gasteiger partial charge in [-0.15, -0.1) is 0 Å². The van der Waals surface area contributed by atoms with E-state index in [4.69, 9.17) is 23.2 Å². The molecule has 1 amide bonds. The summed E-state index contributed by atoms with van der Waals surface area (Å²) >= 11 is 12.1. The fourth-order valence-corrected chi connectivity index (χ4v) is 2.84. The summed E-state index contributed by atoms with van der Waals surface area (Å²) < 4.78 is 0. The van der Waals surface area contributed by atoms with Crippen LogP contribution in [0.4, 0.5) is 5.69 Å². The van der Waals surface area contributed by atoms with E-state index >= 15 is 0 Å². The molecule has 2 N–H and O–H groups in total. The van der Waals surface area contributed by atoms with Gasteiger partial charge in [-0.3, -0.25) is 9.89 Å². The van der Waals surface area contributed by atoms with Gasteiger partial charge in [-0.1, -0.05) is 35.3 Å². The lowest BCUT2D eigenvalue weighted by atomic mass is 10.1. The van der Waals surface area contributed by atoms with Crippen LogP contribution < -0.4 is 5.32 Å². The van der Waals surface area contributed by atoms with Crippen molar-refractivity contribution in [3.05, 3.63) is 69.3 Å². The normalized spacial score (nSPS) is 10.7. The van der Waals surface area contributed by atoms with Crippen molar-refractivity contribution in [1.82, 2.24) is 10.2 Å². The molecule has 0 radical (unpaired) electrons. The monoisotopic (exact) mass is 359 g/mol. The zero-order chi connectivity index (χ0) is 17.3. The number of H-pyrrole nitrogens is 1. The van der Waals surface area contributed by atoms with Crippen LogP contribution in [0, 0.1) is 13.8 Å². The molecule has 6 heteroatoms. The van der Waals surface area contributed by atoms with Crippen molar-refractivity contribution < 1.29 is 4.79 Å². The van der Waals surface area contributed by atoms with Crippen molar-refractivity contribution in [3.8, 4) is 11.3 Å². The summed E-state index contributed by atoms with van der Waals surface area (Å²) in [6.45, 7) is 3.92. The Hall–Kier alpha value is -2.30. The lowest BCUT2D eigenvalue weighted by Gasteiger charge is -2.08. The average molecular weight is 360 g/mol. The number of aryl methyl sites for hydroxylation is 2. The van der Waals surface area contributed by atoms with E-state index in [1.807, 2.05) is 32.0 Å². The van der Waals surface area contributed by atoms with Gasteiger partial charge in [-0.2, -0.15) is 5.10 Å². The second-order valence-corrected chi connectivity index (χ2v) is 6.41. The van der Waals surface area contributed by atoms with E-state index in [1.165, 1.54) is 0 Å². The molecule has 122 valence electrons. The lowest BCUT2D eigenvalue weighted by Crippen LogP contribution is -2.13. The molecule has 0 saturated carbocycles. The molecule has 0 spiro atoms. The summed E-state index contributed by atoms with van der Waals surface area (Å²) in [7, 11) is 0. The highest BCUT2D eigenvalue weighted by molar-refractivity contribution is 6.36. The molecule has 0 fully saturated rings. The molecule has 0 aliphatic heterocycles. The van der Waals surface area contributed by atoms with Crippen molar-refractivity contribution in [2.24, 2.45) is 0 Å². The van der Waals surface area contributed by atoms with Crippen molar-refractivity contribution in [2.45, 2.75) is 13.8 Å². The van der Waals surface area contributed by atoms with Gasteiger partial charge < -0.3 is 5.32 Å². The minimum atomic E-state index is -0.257. The molecule has 1 heterocycles. The van der Waals surface area contributed by atoms with Gasteiger partial charge in [-0.25, -0.2) is 0 Å². The standard InChI is InChI=1S/C18H15Cl2N3O/c1-10-3-4-11(2)15(7-10)21-18(24)17-9-16(22-23-17)13-6-5-12(19)8-14(13)20/h3-9H,1-2H3,(H,21,24)(H,22,23). The molecule has 24 heavy (non-hydrogen) atoms. The second kappa shape index (κ2) is 6.67. The number of carbonyl (C=O) groups excluding carboxylic acids is 1. The molecule has 0 aliphatic rings. The first-order valence-corrected chi connectivity index (χ1v) is 8.09. The highest BCUT2D eigenvalue weighted by Crippen LogP contribution is 2.29. The van der Waals surface area contributed by atoms with Crippen LogP contribution >= 0.6 is 23.2 Å². The molecule has 0 atom stereocenters. The van der Waals surface area contributed by atoms with Gasteiger partial charge in [0.05, 0.1) is 10.7 Å². The van der Waals surface area contributed by atoms with Crippen molar-refractivity contribution in [2.75, 3.05) is 5.32 Å². The number of aromatic amines is 1. The minimum absolute atomic E-state index is 0.257. The summed E-state index contributed by atoms with van der Waals surface area (Å²) in [5.74, 6) is -0.257. The van der Waals surface area contributed by atoms with Crippen molar-refractivity contribution in [1.29, 1.82) is 0 Å². The zero-order valence-corrected chi connectivity index (χ0v) is 14.7. The lowest BCUT2D eigenvalue weighted by molar-refractivity contribution is 0.102. The van der Waals surface area contributed by atoms with Gasteiger partial charge >= 0.3 is 0 Å².